The molecule has 2 amide bonds. The number of para-hydroxylation sites is 1. The molecule has 0 aromatic heterocycles. The van der Waals surface area contributed by atoms with E-state index in [0.29, 0.717) is 17.0 Å². The van der Waals surface area contributed by atoms with E-state index in [1.807, 2.05) is 18.2 Å². The molecule has 2 aromatic rings. The summed E-state index contributed by atoms with van der Waals surface area (Å²) in [5.41, 5.74) is 1.68. The minimum absolute atomic E-state index is 0.135. The third-order valence-corrected chi connectivity index (χ3v) is 4.04. The summed E-state index contributed by atoms with van der Waals surface area (Å²) in [5.74, 6) is -0.821. The summed E-state index contributed by atoms with van der Waals surface area (Å²) in [7, 11) is 1.52. The number of nitrogens with one attached hydrogen (secondary N) is 2. The molecule has 0 spiro atoms. The highest BCUT2D eigenvalue weighted by Gasteiger charge is 2.19. The van der Waals surface area contributed by atoms with Gasteiger partial charge in [0.05, 0.1) is 0 Å². The first kappa shape index (κ1) is 21.9. The molecule has 0 saturated carbocycles. The van der Waals surface area contributed by atoms with E-state index in [9.17, 15) is 14.4 Å². The lowest BCUT2D eigenvalue weighted by Crippen LogP contribution is -2.24. The van der Waals surface area contributed by atoms with Gasteiger partial charge in [0.15, 0.2) is 13.2 Å². The van der Waals surface area contributed by atoms with Crippen LogP contribution in [0.15, 0.2) is 48.5 Å². The van der Waals surface area contributed by atoms with Gasteiger partial charge in [0, 0.05) is 18.3 Å². The predicted octanol–water partition coefficient (Wildman–Crippen LogP) is 2.90. The fourth-order valence-corrected chi connectivity index (χ4v) is 2.62. The summed E-state index contributed by atoms with van der Waals surface area (Å²) in [6.45, 7) is 5.41. The third-order valence-electron chi connectivity index (χ3n) is 4.04. The summed E-state index contributed by atoms with van der Waals surface area (Å²) >= 11 is 0. The van der Waals surface area contributed by atoms with Crippen LogP contribution in [0.4, 0.5) is 5.69 Å². The Morgan fingerprint density at radius 2 is 1.69 bits per heavy atom. The number of esters is 1. The zero-order valence-electron chi connectivity index (χ0n) is 17.1. The summed E-state index contributed by atoms with van der Waals surface area (Å²) in [4.78, 5) is 35.6. The molecule has 0 radical (unpaired) electrons. The first-order chi connectivity index (χ1) is 13.7. The highest BCUT2D eigenvalue weighted by Crippen LogP contribution is 2.30. The van der Waals surface area contributed by atoms with Crippen molar-refractivity contribution in [3.8, 4) is 5.75 Å². The van der Waals surface area contributed by atoms with Gasteiger partial charge >= 0.3 is 5.97 Å². The molecule has 154 valence electrons. The zero-order valence-corrected chi connectivity index (χ0v) is 17.1. The van der Waals surface area contributed by atoms with Crippen molar-refractivity contribution in [3.05, 3.63) is 59.7 Å². The van der Waals surface area contributed by atoms with Crippen molar-refractivity contribution in [2.45, 2.75) is 26.2 Å². The van der Waals surface area contributed by atoms with Crippen molar-refractivity contribution in [2.24, 2.45) is 0 Å². The van der Waals surface area contributed by atoms with E-state index in [2.05, 4.69) is 31.4 Å². The van der Waals surface area contributed by atoms with E-state index in [1.165, 1.54) is 13.1 Å². The molecule has 2 aromatic carbocycles. The van der Waals surface area contributed by atoms with Crippen molar-refractivity contribution in [3.63, 3.8) is 0 Å². The minimum Gasteiger partial charge on any atom is -0.482 e. The zero-order chi connectivity index (χ0) is 21.4. The Hall–Kier alpha value is -3.35. The van der Waals surface area contributed by atoms with E-state index in [1.54, 1.807) is 24.3 Å². The molecule has 2 N–H and O–H groups in total. The normalized spacial score (nSPS) is 10.8. The Morgan fingerprint density at radius 1 is 0.966 bits per heavy atom. The molecule has 7 heteroatoms. The fraction of sp³-hybridized carbons (Fsp3) is 0.318. The number of rotatable bonds is 7. The SMILES string of the molecule is CNC(=O)c1cccc(NC(=O)COC(=O)COc2ccccc2C(C)(C)C)c1. The predicted molar refractivity (Wildman–Crippen MR) is 110 cm³/mol. The van der Waals surface area contributed by atoms with Gasteiger partial charge < -0.3 is 20.1 Å². The summed E-state index contributed by atoms with van der Waals surface area (Å²) in [6.07, 6.45) is 0. The highest BCUT2D eigenvalue weighted by molar-refractivity contribution is 5.97. The summed E-state index contributed by atoms with van der Waals surface area (Å²) < 4.78 is 10.5. The molecule has 0 aliphatic carbocycles. The van der Waals surface area contributed by atoms with Crippen molar-refractivity contribution >= 4 is 23.5 Å². The molecule has 0 fully saturated rings. The standard InChI is InChI=1S/C22H26N2O5/c1-22(2,3)17-10-5-6-11-18(17)28-14-20(26)29-13-19(25)24-16-9-7-8-15(12-16)21(27)23-4/h5-12H,13-14H2,1-4H3,(H,23,27)(H,24,25). The van der Waals surface area contributed by atoms with Crippen LogP contribution in [0, 0.1) is 0 Å². The number of benzene rings is 2. The van der Waals surface area contributed by atoms with E-state index in [0.717, 1.165) is 5.56 Å². The molecule has 2 rings (SSSR count). The molecule has 29 heavy (non-hydrogen) atoms. The number of anilines is 1. The largest absolute Gasteiger partial charge is 0.482 e. The van der Waals surface area contributed by atoms with Crippen LogP contribution in [0.2, 0.25) is 0 Å². The fourth-order valence-electron chi connectivity index (χ4n) is 2.62. The van der Waals surface area contributed by atoms with Gasteiger partial charge in [0.2, 0.25) is 0 Å². The molecule has 0 atom stereocenters. The average molecular weight is 398 g/mol. The van der Waals surface area contributed by atoms with Crippen LogP contribution in [-0.4, -0.2) is 38.0 Å². The lowest BCUT2D eigenvalue weighted by molar-refractivity contribution is -0.149. The second kappa shape index (κ2) is 9.73. The maximum absolute atomic E-state index is 12.0. The van der Waals surface area contributed by atoms with E-state index >= 15 is 0 Å². The van der Waals surface area contributed by atoms with E-state index in [4.69, 9.17) is 9.47 Å². The van der Waals surface area contributed by atoms with Gasteiger partial charge in [-0.05, 0) is 35.2 Å². The van der Waals surface area contributed by atoms with Crippen LogP contribution in [0.1, 0.15) is 36.7 Å². The maximum Gasteiger partial charge on any atom is 0.344 e. The number of ether oxygens (including phenoxy) is 2. The Bertz CT molecular complexity index is 887. The number of amides is 2. The van der Waals surface area contributed by atoms with Crippen LogP contribution in [-0.2, 0) is 19.7 Å². The van der Waals surface area contributed by atoms with Crippen molar-refractivity contribution in [1.82, 2.24) is 5.32 Å². The number of carbonyl (C=O) groups excluding carboxylic acids is 3. The smallest absolute Gasteiger partial charge is 0.344 e. The minimum atomic E-state index is -0.650. The molecular weight excluding hydrogens is 372 g/mol. The molecule has 0 saturated heterocycles. The van der Waals surface area contributed by atoms with Gasteiger partial charge in [-0.25, -0.2) is 4.79 Å². The van der Waals surface area contributed by atoms with Gasteiger partial charge in [0.1, 0.15) is 5.75 Å². The van der Waals surface area contributed by atoms with Crippen molar-refractivity contribution in [2.75, 3.05) is 25.6 Å². The Morgan fingerprint density at radius 3 is 2.38 bits per heavy atom. The summed E-state index contributed by atoms with van der Waals surface area (Å²) in [6, 6.07) is 13.9. The van der Waals surface area contributed by atoms with Crippen LogP contribution in [0.5, 0.6) is 5.75 Å². The molecular formula is C22H26N2O5. The first-order valence-electron chi connectivity index (χ1n) is 9.20. The Balaban J connectivity index is 1.84. The monoisotopic (exact) mass is 398 g/mol. The van der Waals surface area contributed by atoms with Gasteiger partial charge in [-0.3, -0.25) is 9.59 Å². The molecule has 0 bridgehead atoms. The molecule has 7 nitrogen and oxygen atoms in total. The van der Waals surface area contributed by atoms with E-state index < -0.39 is 18.5 Å². The quantitative estimate of drug-likeness (QED) is 0.700. The second-order valence-electron chi connectivity index (χ2n) is 7.40. The van der Waals surface area contributed by atoms with Crippen LogP contribution < -0.4 is 15.4 Å². The van der Waals surface area contributed by atoms with Gasteiger partial charge in [-0.15, -0.1) is 0 Å². The van der Waals surface area contributed by atoms with Crippen LogP contribution >= 0.6 is 0 Å². The van der Waals surface area contributed by atoms with Crippen LogP contribution in [0.25, 0.3) is 0 Å². The maximum atomic E-state index is 12.0. The number of carbonyl (C=O) groups is 3. The van der Waals surface area contributed by atoms with Gasteiger partial charge in [0.25, 0.3) is 11.8 Å². The molecule has 0 aliphatic rings. The van der Waals surface area contributed by atoms with E-state index in [-0.39, 0.29) is 17.9 Å². The summed E-state index contributed by atoms with van der Waals surface area (Å²) in [5, 5.41) is 5.09. The molecule has 0 heterocycles. The van der Waals surface area contributed by atoms with Crippen molar-refractivity contribution in [1.29, 1.82) is 0 Å². The lowest BCUT2D eigenvalue weighted by atomic mass is 9.86. The Kier molecular flexibility index (Phi) is 7.36. The topological polar surface area (TPSA) is 93.7 Å². The lowest BCUT2D eigenvalue weighted by Gasteiger charge is -2.22. The molecule has 0 unspecified atom stereocenters. The van der Waals surface area contributed by atoms with Gasteiger partial charge in [-0.1, -0.05) is 45.0 Å². The van der Waals surface area contributed by atoms with Gasteiger partial charge in [-0.2, -0.15) is 0 Å². The number of hydrogen-bond donors (Lipinski definition) is 2. The second-order valence-corrected chi connectivity index (χ2v) is 7.40. The number of hydrogen-bond acceptors (Lipinski definition) is 5. The molecule has 0 aliphatic heterocycles. The first-order valence-corrected chi connectivity index (χ1v) is 9.20. The Labute approximate surface area is 170 Å². The average Bonchev–Trinajstić information content (AvgIpc) is 2.69. The third kappa shape index (κ3) is 6.64. The highest BCUT2D eigenvalue weighted by atomic mass is 16.6. The van der Waals surface area contributed by atoms with Crippen LogP contribution in [0.3, 0.4) is 0 Å². The van der Waals surface area contributed by atoms with Crippen molar-refractivity contribution < 1.29 is 23.9 Å².